The molecule has 38 heavy (non-hydrogen) atoms. The molecule has 0 aliphatic heterocycles. The lowest BCUT2D eigenvalue weighted by atomic mass is 10.00. The lowest BCUT2D eigenvalue weighted by molar-refractivity contribution is 0.102. The fraction of sp³-hybridized carbons (Fsp3) is 0.107. The number of benzene rings is 2. The van der Waals surface area contributed by atoms with Crippen molar-refractivity contribution in [2.45, 2.75) is 19.9 Å². The van der Waals surface area contributed by atoms with Crippen LogP contribution in [0.1, 0.15) is 35.9 Å². The number of hydrogen-bond donors (Lipinski definition) is 3. The Morgan fingerprint density at radius 1 is 1.11 bits per heavy atom. The minimum absolute atomic E-state index is 0.0448. The number of carbonyl (C=O) groups is 1. The highest BCUT2D eigenvalue weighted by Gasteiger charge is 2.22. The van der Waals surface area contributed by atoms with Gasteiger partial charge in [-0.25, -0.2) is 14.4 Å². The van der Waals surface area contributed by atoms with Gasteiger partial charge in [-0.3, -0.25) is 9.59 Å². The number of H-pyrrole nitrogens is 1. The molecule has 0 bridgehead atoms. The molecule has 0 aliphatic carbocycles. The highest BCUT2D eigenvalue weighted by Crippen LogP contribution is 2.31. The summed E-state index contributed by atoms with van der Waals surface area (Å²) in [5, 5.41) is 13.3. The third-order valence-electron chi connectivity index (χ3n) is 6.23. The van der Waals surface area contributed by atoms with E-state index in [1.165, 1.54) is 36.8 Å². The van der Waals surface area contributed by atoms with E-state index < -0.39 is 17.2 Å². The molecule has 188 valence electrons. The number of halogens is 1. The molecule has 3 aromatic heterocycles. The van der Waals surface area contributed by atoms with Crippen molar-refractivity contribution in [3.63, 3.8) is 0 Å². The molecule has 0 unspecified atom stereocenters. The van der Waals surface area contributed by atoms with Crippen LogP contribution in [0.15, 0.2) is 72.0 Å². The van der Waals surface area contributed by atoms with Gasteiger partial charge in [0.25, 0.3) is 5.91 Å². The van der Waals surface area contributed by atoms with Gasteiger partial charge in [0, 0.05) is 29.7 Å². The zero-order chi connectivity index (χ0) is 27.0. The average molecular weight is 508 g/mol. The van der Waals surface area contributed by atoms with Crippen molar-refractivity contribution in [1.82, 2.24) is 19.5 Å². The van der Waals surface area contributed by atoms with E-state index in [0.717, 1.165) is 11.1 Å². The molecule has 0 aliphatic rings. The molecule has 0 saturated heterocycles. The lowest BCUT2D eigenvalue weighted by Gasteiger charge is -2.18. The number of nitrogen functional groups attached to an aromatic ring is 1. The minimum atomic E-state index is -0.630. The molecule has 4 N–H and O–H groups in total. The predicted molar refractivity (Wildman–Crippen MR) is 143 cm³/mol. The van der Waals surface area contributed by atoms with Gasteiger partial charge in [-0.05, 0) is 49.2 Å². The number of fused-ring (bicyclic) bond motifs is 1. The second-order valence-electron chi connectivity index (χ2n) is 8.93. The highest BCUT2D eigenvalue weighted by atomic mass is 19.1. The van der Waals surface area contributed by atoms with Crippen molar-refractivity contribution in [2.24, 2.45) is 0 Å². The van der Waals surface area contributed by atoms with Gasteiger partial charge >= 0.3 is 0 Å². The van der Waals surface area contributed by atoms with E-state index in [1.54, 1.807) is 35.0 Å². The summed E-state index contributed by atoms with van der Waals surface area (Å²) < 4.78 is 15.1. The monoisotopic (exact) mass is 507 g/mol. The Labute approximate surface area is 216 Å². The Balaban J connectivity index is 1.51. The summed E-state index contributed by atoms with van der Waals surface area (Å²) in [6.07, 6.45) is 4.55. The van der Waals surface area contributed by atoms with Gasteiger partial charge in [0.1, 0.15) is 40.9 Å². The van der Waals surface area contributed by atoms with Crippen LogP contribution in [0.2, 0.25) is 0 Å². The topological polar surface area (TPSA) is 142 Å². The molecule has 1 amide bonds. The van der Waals surface area contributed by atoms with Crippen molar-refractivity contribution in [3.05, 3.63) is 94.5 Å². The van der Waals surface area contributed by atoms with Gasteiger partial charge in [-0.15, -0.1) is 0 Å². The first kappa shape index (κ1) is 24.4. The number of aromatic amines is 1. The first-order chi connectivity index (χ1) is 18.3. The molecule has 5 rings (SSSR count). The number of nitrogens with one attached hydrogen (secondary N) is 2. The smallest absolute Gasteiger partial charge is 0.261 e. The lowest BCUT2D eigenvalue weighted by Crippen LogP contribution is -2.27. The predicted octanol–water partition coefficient (Wildman–Crippen LogP) is 4.88. The van der Waals surface area contributed by atoms with Crippen LogP contribution in [-0.2, 0) is 0 Å². The number of anilines is 2. The molecule has 0 radical (unpaired) electrons. The maximum Gasteiger partial charge on any atom is 0.261 e. The van der Waals surface area contributed by atoms with Crippen molar-refractivity contribution in [2.75, 3.05) is 11.1 Å². The molecule has 0 saturated carbocycles. The second-order valence-corrected chi connectivity index (χ2v) is 8.93. The normalized spacial score (nSPS) is 11.0. The second kappa shape index (κ2) is 9.63. The fourth-order valence-corrected chi connectivity index (χ4v) is 4.35. The van der Waals surface area contributed by atoms with E-state index in [2.05, 4.69) is 26.3 Å². The van der Waals surface area contributed by atoms with Crippen LogP contribution in [0.5, 0.6) is 0 Å². The number of carbonyl (C=O) groups excluding carboxylic acids is 1. The van der Waals surface area contributed by atoms with Gasteiger partial charge < -0.3 is 20.6 Å². The van der Waals surface area contributed by atoms with Gasteiger partial charge in [0.05, 0.1) is 10.9 Å². The number of hydrogen-bond acceptors (Lipinski definition) is 6. The summed E-state index contributed by atoms with van der Waals surface area (Å²) in [6.45, 7) is 3.67. The van der Waals surface area contributed by atoms with E-state index in [0.29, 0.717) is 28.1 Å². The summed E-state index contributed by atoms with van der Waals surface area (Å²) >= 11 is 0. The maximum absolute atomic E-state index is 13.5. The first-order valence-corrected chi connectivity index (χ1v) is 11.7. The van der Waals surface area contributed by atoms with Crippen molar-refractivity contribution in [1.29, 1.82) is 5.26 Å². The average Bonchev–Trinajstić information content (AvgIpc) is 3.35. The van der Waals surface area contributed by atoms with E-state index in [4.69, 9.17) is 5.73 Å². The van der Waals surface area contributed by atoms with Crippen molar-refractivity contribution < 1.29 is 9.18 Å². The Hall–Kier alpha value is -5.30. The number of nitrogens with zero attached hydrogens (tertiary/aromatic N) is 4. The molecule has 0 atom stereocenters. The Kier molecular flexibility index (Phi) is 6.18. The number of nitrogens with two attached hydrogens (primary N) is 1. The number of nitriles is 1. The number of amides is 1. The molecule has 0 fully saturated rings. The number of rotatable bonds is 5. The van der Waals surface area contributed by atoms with E-state index in [-0.39, 0.29) is 22.9 Å². The van der Waals surface area contributed by atoms with Crippen LogP contribution in [0.4, 0.5) is 15.9 Å². The van der Waals surface area contributed by atoms with Gasteiger partial charge in [-0.1, -0.05) is 24.3 Å². The van der Waals surface area contributed by atoms with E-state index >= 15 is 0 Å². The van der Waals surface area contributed by atoms with Gasteiger partial charge in [0.2, 0.25) is 5.43 Å². The van der Waals surface area contributed by atoms with Crippen LogP contribution in [0.3, 0.4) is 0 Å². The number of pyridine rings is 1. The molecule has 0 spiro atoms. The Morgan fingerprint density at radius 2 is 1.79 bits per heavy atom. The zero-order valence-electron chi connectivity index (χ0n) is 20.5. The van der Waals surface area contributed by atoms with Crippen molar-refractivity contribution >= 4 is 28.4 Å². The summed E-state index contributed by atoms with van der Waals surface area (Å²) in [5.41, 5.74) is 8.49. The van der Waals surface area contributed by atoms with Gasteiger partial charge in [0.15, 0.2) is 0 Å². The highest BCUT2D eigenvalue weighted by molar-refractivity contribution is 6.05. The number of aromatic nitrogens is 4. The minimum Gasteiger partial charge on any atom is -0.383 e. The van der Waals surface area contributed by atoms with E-state index in [1.807, 2.05) is 13.8 Å². The third-order valence-corrected chi connectivity index (χ3v) is 6.23. The van der Waals surface area contributed by atoms with Crippen LogP contribution in [0.25, 0.3) is 33.3 Å². The molecule has 2 aromatic carbocycles. The standard InChI is InChI=1S/C28H22FN7O2/c1-15(2)36-13-21(25(37)23(22(36)11-30)17-3-7-18(29)8-4-17)28(38)35-19-9-5-16(6-10-19)20-12-32-27-24(20)26(31)33-14-34-27/h3-10,12-15H,1-2H3,(H,35,38)(H3,31,32,33,34). The van der Waals surface area contributed by atoms with E-state index in [9.17, 15) is 19.2 Å². The molecule has 9 nitrogen and oxygen atoms in total. The summed E-state index contributed by atoms with van der Waals surface area (Å²) in [4.78, 5) is 38.0. The molecule has 5 aromatic rings. The summed E-state index contributed by atoms with van der Waals surface area (Å²) in [7, 11) is 0. The molecular weight excluding hydrogens is 485 g/mol. The first-order valence-electron chi connectivity index (χ1n) is 11.7. The Bertz CT molecular complexity index is 1780. The van der Waals surface area contributed by atoms with Crippen LogP contribution >= 0.6 is 0 Å². The van der Waals surface area contributed by atoms with Crippen LogP contribution in [-0.4, -0.2) is 25.4 Å². The molecular formula is C28H22FN7O2. The van der Waals surface area contributed by atoms with Crippen LogP contribution in [0, 0.1) is 17.1 Å². The molecule has 3 heterocycles. The quantitative estimate of drug-likeness (QED) is 0.309. The van der Waals surface area contributed by atoms with Crippen molar-refractivity contribution in [3.8, 4) is 28.3 Å². The largest absolute Gasteiger partial charge is 0.383 e. The summed E-state index contributed by atoms with van der Waals surface area (Å²) in [5.74, 6) is -0.755. The SMILES string of the molecule is CC(C)n1cc(C(=O)Nc2ccc(-c3c[nH]c4ncnc(N)c34)cc2)c(=O)c(-c2ccc(F)cc2)c1C#N. The molecule has 10 heteroatoms. The van der Waals surface area contributed by atoms with Crippen LogP contribution < -0.4 is 16.5 Å². The third kappa shape index (κ3) is 4.26. The Morgan fingerprint density at radius 3 is 2.45 bits per heavy atom. The maximum atomic E-state index is 13.5. The van der Waals surface area contributed by atoms with Gasteiger partial charge in [-0.2, -0.15) is 5.26 Å². The zero-order valence-corrected chi connectivity index (χ0v) is 20.5. The summed E-state index contributed by atoms with van der Waals surface area (Å²) in [6, 6.07) is 14.1. The fourth-order valence-electron chi connectivity index (χ4n) is 4.35.